The second kappa shape index (κ2) is 18.4. The van der Waals surface area contributed by atoms with Gasteiger partial charge in [-0.25, -0.2) is 0 Å². The van der Waals surface area contributed by atoms with Gasteiger partial charge in [-0.05, 0) is 92.7 Å². The first-order valence-corrected chi connectivity index (χ1v) is 20.8. The van der Waals surface area contributed by atoms with E-state index >= 15 is 0 Å². The van der Waals surface area contributed by atoms with Crippen molar-refractivity contribution in [1.29, 1.82) is 5.26 Å². The lowest BCUT2D eigenvalue weighted by Gasteiger charge is -2.35. The van der Waals surface area contributed by atoms with Crippen molar-refractivity contribution in [3.63, 3.8) is 0 Å². The van der Waals surface area contributed by atoms with Gasteiger partial charge in [-0.1, -0.05) is 12.1 Å². The highest BCUT2D eigenvalue weighted by atomic mass is 32.1. The molecule has 0 saturated carbocycles. The maximum atomic E-state index is 14.0. The lowest BCUT2D eigenvalue weighted by molar-refractivity contribution is -0.138. The summed E-state index contributed by atoms with van der Waals surface area (Å²) in [5, 5.41) is 16.5. The molecule has 2 atom stereocenters. The zero-order valence-electron chi connectivity index (χ0n) is 33.8. The van der Waals surface area contributed by atoms with Crippen molar-refractivity contribution in [3.8, 4) is 11.8 Å². The van der Waals surface area contributed by atoms with Crippen LogP contribution in [0.2, 0.25) is 0 Å². The summed E-state index contributed by atoms with van der Waals surface area (Å²) in [4.78, 5) is 69.2. The summed E-state index contributed by atoms with van der Waals surface area (Å²) in [6.07, 6.45) is -4.16. The number of hydrogen-bond donors (Lipinski definition) is 2. The topological polar surface area (TPSA) is 171 Å². The standard InChI is InChI=1S/C44H43F3N6O8S/c1-43(2)42(58)51(29-11-10-27(26-48)32(25-29)44(45,46)47)39(35-9-4-24-62-35)53(43)28-12-14-30(15-13-28)61-22-6-21-59-19-5-20-60-23-18-49-33-8-3-7-31-37(33)41(57)52(40(31)56)34-16-17-36(54)50-38(34)55/h3-4,7-15,24-25,34,39,49H,5-6,16-23H2,1-2H3,(H,50,54,55). The van der Waals surface area contributed by atoms with E-state index in [1.54, 1.807) is 44.2 Å². The summed E-state index contributed by atoms with van der Waals surface area (Å²) in [6, 6.07) is 19.6. The Labute approximate surface area is 359 Å². The minimum atomic E-state index is -4.79. The fraction of sp³-hybridized carbons (Fsp3) is 0.364. The van der Waals surface area contributed by atoms with Crippen molar-refractivity contribution < 1.29 is 51.4 Å². The van der Waals surface area contributed by atoms with E-state index in [9.17, 15) is 42.4 Å². The zero-order chi connectivity index (χ0) is 44.2. The number of hydrogen-bond acceptors (Lipinski definition) is 12. The molecule has 2 N–H and O–H groups in total. The number of carbonyl (C=O) groups is 5. The molecule has 4 aromatic rings. The number of carbonyl (C=O) groups excluding carboxylic acids is 5. The highest BCUT2D eigenvalue weighted by Crippen LogP contribution is 2.48. The van der Waals surface area contributed by atoms with Gasteiger partial charge in [-0.2, -0.15) is 18.4 Å². The number of rotatable bonds is 17. The van der Waals surface area contributed by atoms with Crippen LogP contribution in [0.1, 0.15) is 82.4 Å². The number of alkyl halides is 3. The fourth-order valence-electron chi connectivity index (χ4n) is 7.80. The van der Waals surface area contributed by atoms with Crippen LogP contribution < -0.4 is 25.2 Å². The Morgan fingerprint density at radius 2 is 1.58 bits per heavy atom. The summed E-state index contributed by atoms with van der Waals surface area (Å²) in [5.74, 6) is -2.06. The predicted molar refractivity (Wildman–Crippen MR) is 222 cm³/mol. The van der Waals surface area contributed by atoms with E-state index in [-0.39, 0.29) is 29.7 Å². The third-order valence-electron chi connectivity index (χ3n) is 10.8. The Balaban J connectivity index is 0.837. The second-order valence-corrected chi connectivity index (χ2v) is 16.2. The van der Waals surface area contributed by atoms with E-state index in [4.69, 9.17) is 14.2 Å². The summed E-state index contributed by atoms with van der Waals surface area (Å²) < 4.78 is 59.2. The average molecular weight is 873 g/mol. The molecule has 2 unspecified atom stereocenters. The number of amides is 5. The van der Waals surface area contributed by atoms with Crippen molar-refractivity contribution in [3.05, 3.63) is 105 Å². The van der Waals surface area contributed by atoms with Gasteiger partial charge in [0.2, 0.25) is 11.8 Å². The van der Waals surface area contributed by atoms with Gasteiger partial charge >= 0.3 is 6.18 Å². The molecule has 3 aliphatic heterocycles. The van der Waals surface area contributed by atoms with E-state index in [2.05, 4.69) is 10.6 Å². The van der Waals surface area contributed by atoms with Crippen LogP contribution in [0.5, 0.6) is 5.75 Å². The van der Waals surface area contributed by atoms with Crippen LogP contribution in [0.15, 0.2) is 78.2 Å². The first-order valence-electron chi connectivity index (χ1n) is 20.0. The maximum Gasteiger partial charge on any atom is 0.417 e. The predicted octanol–water partition coefficient (Wildman–Crippen LogP) is 6.67. The van der Waals surface area contributed by atoms with E-state index in [1.807, 2.05) is 34.5 Å². The Morgan fingerprint density at radius 1 is 0.871 bits per heavy atom. The first kappa shape index (κ1) is 43.8. The van der Waals surface area contributed by atoms with E-state index in [1.165, 1.54) is 28.4 Å². The van der Waals surface area contributed by atoms with Gasteiger partial charge in [0.25, 0.3) is 17.7 Å². The number of thiophene rings is 1. The monoisotopic (exact) mass is 872 g/mol. The number of nitrogens with zero attached hydrogens (tertiary/aromatic N) is 4. The van der Waals surface area contributed by atoms with Crippen molar-refractivity contribution in [1.82, 2.24) is 10.2 Å². The highest BCUT2D eigenvalue weighted by molar-refractivity contribution is 7.10. The van der Waals surface area contributed by atoms with Crippen LogP contribution in [0, 0.1) is 11.3 Å². The van der Waals surface area contributed by atoms with Crippen LogP contribution in [0.25, 0.3) is 0 Å². The van der Waals surface area contributed by atoms with Crippen LogP contribution in [-0.4, -0.2) is 85.6 Å². The smallest absolute Gasteiger partial charge is 0.417 e. The number of ether oxygens (including phenoxy) is 3. The number of piperidine rings is 1. The number of nitriles is 1. The molecule has 5 amide bonds. The molecule has 0 bridgehead atoms. The van der Waals surface area contributed by atoms with Crippen molar-refractivity contribution in [2.75, 3.05) is 54.7 Å². The second-order valence-electron chi connectivity index (χ2n) is 15.2. The number of halogens is 3. The molecular weight excluding hydrogens is 830 g/mol. The largest absolute Gasteiger partial charge is 0.494 e. The Morgan fingerprint density at radius 3 is 2.26 bits per heavy atom. The summed E-state index contributed by atoms with van der Waals surface area (Å²) in [7, 11) is 0. The normalized spacial score (nSPS) is 18.6. The van der Waals surface area contributed by atoms with Gasteiger partial charge in [-0.3, -0.25) is 39.1 Å². The fourth-order valence-corrected chi connectivity index (χ4v) is 8.60. The molecule has 0 aliphatic carbocycles. The van der Waals surface area contributed by atoms with Gasteiger partial charge in [0.1, 0.15) is 23.5 Å². The lowest BCUT2D eigenvalue weighted by atomic mass is 10.0. The summed E-state index contributed by atoms with van der Waals surface area (Å²) in [6.45, 7) is 5.88. The molecule has 7 rings (SSSR count). The van der Waals surface area contributed by atoms with Crippen LogP contribution in [-0.2, 0) is 30.0 Å². The maximum absolute atomic E-state index is 14.0. The molecule has 324 valence electrons. The van der Waals surface area contributed by atoms with Gasteiger partial charge in [0, 0.05) is 61.1 Å². The zero-order valence-corrected chi connectivity index (χ0v) is 34.6. The minimum absolute atomic E-state index is 0.0350. The molecule has 18 heteroatoms. The average Bonchev–Trinajstić information content (AvgIpc) is 3.92. The van der Waals surface area contributed by atoms with E-state index in [0.717, 1.165) is 21.9 Å². The number of benzene rings is 3. The van der Waals surface area contributed by atoms with Crippen LogP contribution in [0.4, 0.5) is 30.2 Å². The summed E-state index contributed by atoms with van der Waals surface area (Å²) >= 11 is 1.38. The van der Waals surface area contributed by atoms with Crippen LogP contribution in [0.3, 0.4) is 0 Å². The Bertz CT molecular complexity index is 2380. The molecule has 14 nitrogen and oxygen atoms in total. The number of nitrogens with one attached hydrogen (secondary N) is 2. The van der Waals surface area contributed by atoms with Crippen molar-refractivity contribution in [2.45, 2.75) is 63.5 Å². The molecule has 2 fully saturated rings. The molecule has 3 aliphatic rings. The number of anilines is 3. The number of imide groups is 2. The minimum Gasteiger partial charge on any atom is -0.494 e. The molecule has 1 aromatic heterocycles. The third kappa shape index (κ3) is 8.87. The molecule has 62 heavy (non-hydrogen) atoms. The Kier molecular flexibility index (Phi) is 13.0. The number of fused-ring (bicyclic) bond motifs is 1. The third-order valence-corrected chi connectivity index (χ3v) is 11.7. The van der Waals surface area contributed by atoms with Crippen LogP contribution >= 0.6 is 11.3 Å². The Hall–Kier alpha value is -6.29. The molecule has 0 spiro atoms. The van der Waals surface area contributed by atoms with Gasteiger partial charge in [0.05, 0.1) is 41.5 Å². The molecular formula is C44H43F3N6O8S. The summed E-state index contributed by atoms with van der Waals surface area (Å²) in [5.41, 5.74) is -1.24. The molecule has 3 aromatic carbocycles. The quantitative estimate of drug-likeness (QED) is 0.0858. The van der Waals surface area contributed by atoms with E-state index < -0.39 is 64.6 Å². The van der Waals surface area contributed by atoms with Gasteiger partial charge < -0.3 is 24.4 Å². The molecule has 2 saturated heterocycles. The first-order chi connectivity index (χ1) is 29.7. The SMILES string of the molecule is CC1(C)C(=O)N(c2ccc(C#N)c(C(F)(F)F)c2)C(c2cccs2)N1c1ccc(OCCCOCCCOCCNc2cccc3c2C(=O)N(C2CCC(=O)NC2=O)C3=O)cc1. The van der Waals surface area contributed by atoms with E-state index in [0.29, 0.717) is 69.5 Å². The molecule has 4 heterocycles. The lowest BCUT2D eigenvalue weighted by Crippen LogP contribution is -2.54. The highest BCUT2D eigenvalue weighted by Gasteiger charge is 2.54. The van der Waals surface area contributed by atoms with Crippen molar-refractivity contribution in [2.24, 2.45) is 0 Å². The van der Waals surface area contributed by atoms with Gasteiger partial charge in [0.15, 0.2) is 0 Å². The van der Waals surface area contributed by atoms with Crippen molar-refractivity contribution >= 4 is 57.9 Å². The molecule has 0 radical (unpaired) electrons. The van der Waals surface area contributed by atoms with Gasteiger partial charge in [-0.15, -0.1) is 11.3 Å².